The molecule has 0 aromatic heterocycles. The van der Waals surface area contributed by atoms with Crippen LogP contribution in [0, 0.1) is 0 Å². The summed E-state index contributed by atoms with van der Waals surface area (Å²) in [7, 11) is 0. The first-order chi connectivity index (χ1) is 8.31. The predicted molar refractivity (Wildman–Crippen MR) is 80.5 cm³/mol. The van der Waals surface area contributed by atoms with Crippen molar-refractivity contribution in [1.82, 2.24) is 5.32 Å². The molecule has 6 heteroatoms. The Balaban J connectivity index is 2.82. The molecular weight excluding hydrogens is 339 g/mol. The second-order valence-corrected chi connectivity index (χ2v) is 6.00. The predicted octanol–water partition coefficient (Wildman–Crippen LogP) is 4.08. The zero-order chi connectivity index (χ0) is 13.9. The Hall–Kier alpha value is -0.450. The molecule has 2 N–H and O–H groups in total. The number of nitrogens with one attached hydrogen (secondary N) is 2. The minimum atomic E-state index is -0.413. The fourth-order valence-corrected chi connectivity index (χ4v) is 2.69. The Morgan fingerprint density at radius 3 is 2.17 bits per heavy atom. The molecule has 0 heterocycles. The van der Waals surface area contributed by atoms with Gasteiger partial charge in [0.15, 0.2) is 0 Å². The van der Waals surface area contributed by atoms with E-state index in [4.69, 9.17) is 23.2 Å². The largest absolute Gasteiger partial charge is 0.371 e. The lowest BCUT2D eigenvalue weighted by Gasteiger charge is -2.18. The number of carbonyl (C=O) groups is 1. The summed E-state index contributed by atoms with van der Waals surface area (Å²) in [4.78, 5) is 11.8. The van der Waals surface area contributed by atoms with E-state index in [0.29, 0.717) is 15.7 Å². The van der Waals surface area contributed by atoms with E-state index in [1.165, 1.54) is 0 Å². The molecule has 0 aliphatic carbocycles. The zero-order valence-electron chi connectivity index (χ0n) is 10.4. The second-order valence-electron chi connectivity index (χ2n) is 4.27. The molecule has 1 rings (SSSR count). The van der Waals surface area contributed by atoms with Crippen LogP contribution in [-0.4, -0.2) is 18.0 Å². The van der Waals surface area contributed by atoms with Gasteiger partial charge in [-0.05, 0) is 32.9 Å². The molecule has 18 heavy (non-hydrogen) atoms. The lowest BCUT2D eigenvalue weighted by Crippen LogP contribution is -2.41. The summed E-state index contributed by atoms with van der Waals surface area (Å²) < 4.78 is 0.794. The standard InChI is InChI=1S/C12H15BrCl2N2O/c1-6(2)16-12(18)7(3)17-11-9(14)4-8(13)5-10(11)15/h4-7,17H,1-3H3,(H,16,18). The van der Waals surface area contributed by atoms with Crippen LogP contribution in [0.25, 0.3) is 0 Å². The average Bonchev–Trinajstić information content (AvgIpc) is 2.21. The van der Waals surface area contributed by atoms with Gasteiger partial charge >= 0.3 is 0 Å². The number of rotatable bonds is 4. The van der Waals surface area contributed by atoms with Gasteiger partial charge in [-0.15, -0.1) is 0 Å². The van der Waals surface area contributed by atoms with Crippen LogP contribution in [0.2, 0.25) is 10.0 Å². The van der Waals surface area contributed by atoms with Gasteiger partial charge in [-0.1, -0.05) is 39.1 Å². The molecule has 0 aliphatic rings. The summed E-state index contributed by atoms with van der Waals surface area (Å²) in [5.74, 6) is -0.0972. The van der Waals surface area contributed by atoms with Crippen molar-refractivity contribution in [3.05, 3.63) is 26.7 Å². The highest BCUT2D eigenvalue weighted by atomic mass is 79.9. The molecule has 1 unspecified atom stereocenters. The Bertz CT molecular complexity index is 429. The van der Waals surface area contributed by atoms with Gasteiger partial charge in [0.25, 0.3) is 0 Å². The van der Waals surface area contributed by atoms with E-state index in [-0.39, 0.29) is 11.9 Å². The highest BCUT2D eigenvalue weighted by molar-refractivity contribution is 9.10. The number of hydrogen-bond donors (Lipinski definition) is 2. The number of amides is 1. The van der Waals surface area contributed by atoms with Crippen LogP contribution in [-0.2, 0) is 4.79 Å². The van der Waals surface area contributed by atoms with E-state index in [9.17, 15) is 4.79 Å². The highest BCUT2D eigenvalue weighted by Gasteiger charge is 2.16. The van der Waals surface area contributed by atoms with Gasteiger partial charge in [-0.3, -0.25) is 4.79 Å². The van der Waals surface area contributed by atoms with Crippen LogP contribution in [0.3, 0.4) is 0 Å². The van der Waals surface area contributed by atoms with Gasteiger partial charge < -0.3 is 10.6 Å². The molecule has 0 saturated heterocycles. The van der Waals surface area contributed by atoms with Crippen molar-refractivity contribution in [2.24, 2.45) is 0 Å². The van der Waals surface area contributed by atoms with Crippen molar-refractivity contribution in [2.45, 2.75) is 32.9 Å². The molecule has 1 atom stereocenters. The maximum absolute atomic E-state index is 11.8. The fourth-order valence-electron chi connectivity index (χ4n) is 1.37. The summed E-state index contributed by atoms with van der Waals surface area (Å²) in [6, 6.07) is 3.13. The lowest BCUT2D eigenvalue weighted by atomic mass is 10.2. The van der Waals surface area contributed by atoms with E-state index in [1.54, 1.807) is 19.1 Å². The molecular formula is C12H15BrCl2N2O. The van der Waals surface area contributed by atoms with Gasteiger partial charge in [-0.25, -0.2) is 0 Å². The zero-order valence-corrected chi connectivity index (χ0v) is 13.4. The third-order valence-corrected chi connectivity index (χ3v) is 3.25. The summed E-state index contributed by atoms with van der Waals surface area (Å²) in [5, 5.41) is 6.77. The lowest BCUT2D eigenvalue weighted by molar-refractivity contribution is -0.122. The average molecular weight is 354 g/mol. The maximum Gasteiger partial charge on any atom is 0.242 e. The van der Waals surface area contributed by atoms with Crippen LogP contribution in [0.4, 0.5) is 5.69 Å². The van der Waals surface area contributed by atoms with Gasteiger partial charge in [-0.2, -0.15) is 0 Å². The smallest absolute Gasteiger partial charge is 0.242 e. The summed E-state index contributed by atoms with van der Waals surface area (Å²) in [5.41, 5.74) is 0.563. The number of hydrogen-bond acceptors (Lipinski definition) is 2. The molecule has 0 bridgehead atoms. The van der Waals surface area contributed by atoms with E-state index < -0.39 is 6.04 Å². The first-order valence-corrected chi connectivity index (χ1v) is 7.07. The second kappa shape index (κ2) is 6.64. The molecule has 0 aliphatic heterocycles. The molecule has 1 aromatic rings. The molecule has 1 amide bonds. The Kier molecular flexibility index (Phi) is 5.76. The topological polar surface area (TPSA) is 41.1 Å². The van der Waals surface area contributed by atoms with Crippen molar-refractivity contribution in [1.29, 1.82) is 0 Å². The van der Waals surface area contributed by atoms with E-state index in [1.807, 2.05) is 13.8 Å². The monoisotopic (exact) mass is 352 g/mol. The quantitative estimate of drug-likeness (QED) is 0.856. The van der Waals surface area contributed by atoms with Crippen LogP contribution in [0.15, 0.2) is 16.6 Å². The Morgan fingerprint density at radius 2 is 1.72 bits per heavy atom. The van der Waals surface area contributed by atoms with Crippen molar-refractivity contribution in [3.63, 3.8) is 0 Å². The molecule has 0 saturated carbocycles. The fraction of sp³-hybridized carbons (Fsp3) is 0.417. The van der Waals surface area contributed by atoms with Crippen LogP contribution < -0.4 is 10.6 Å². The van der Waals surface area contributed by atoms with Crippen LogP contribution in [0.1, 0.15) is 20.8 Å². The molecule has 0 spiro atoms. The van der Waals surface area contributed by atoms with E-state index >= 15 is 0 Å². The van der Waals surface area contributed by atoms with Crippen LogP contribution >= 0.6 is 39.1 Å². The maximum atomic E-state index is 11.8. The minimum Gasteiger partial charge on any atom is -0.371 e. The number of halogens is 3. The molecule has 1 aromatic carbocycles. The van der Waals surface area contributed by atoms with Crippen molar-refractivity contribution in [3.8, 4) is 0 Å². The van der Waals surface area contributed by atoms with Gasteiger partial charge in [0.1, 0.15) is 6.04 Å². The number of benzene rings is 1. The highest BCUT2D eigenvalue weighted by Crippen LogP contribution is 2.34. The normalized spacial score (nSPS) is 12.4. The van der Waals surface area contributed by atoms with E-state index in [2.05, 4.69) is 26.6 Å². The number of anilines is 1. The van der Waals surface area contributed by atoms with Gasteiger partial charge in [0.2, 0.25) is 5.91 Å². The molecule has 0 fully saturated rings. The summed E-state index contributed by atoms with van der Waals surface area (Å²) >= 11 is 15.5. The van der Waals surface area contributed by atoms with Crippen molar-refractivity contribution < 1.29 is 4.79 Å². The molecule has 0 radical (unpaired) electrons. The van der Waals surface area contributed by atoms with Gasteiger partial charge in [0, 0.05) is 10.5 Å². The van der Waals surface area contributed by atoms with Crippen molar-refractivity contribution >= 4 is 50.7 Å². The van der Waals surface area contributed by atoms with Gasteiger partial charge in [0.05, 0.1) is 15.7 Å². The van der Waals surface area contributed by atoms with Crippen LogP contribution in [0.5, 0.6) is 0 Å². The van der Waals surface area contributed by atoms with E-state index in [0.717, 1.165) is 4.47 Å². The van der Waals surface area contributed by atoms with Crippen molar-refractivity contribution in [2.75, 3.05) is 5.32 Å². The third kappa shape index (κ3) is 4.34. The summed E-state index contributed by atoms with van der Waals surface area (Å²) in [6.07, 6.45) is 0. The molecule has 3 nitrogen and oxygen atoms in total. The Labute approximate surface area is 125 Å². The summed E-state index contributed by atoms with van der Waals surface area (Å²) in [6.45, 7) is 5.57. The molecule has 100 valence electrons. The first kappa shape index (κ1) is 15.6. The third-order valence-electron chi connectivity index (χ3n) is 2.19. The first-order valence-electron chi connectivity index (χ1n) is 5.52. The Morgan fingerprint density at radius 1 is 1.22 bits per heavy atom. The minimum absolute atomic E-state index is 0.0950. The number of carbonyl (C=O) groups excluding carboxylic acids is 1. The SMILES string of the molecule is CC(C)NC(=O)C(C)Nc1c(Cl)cc(Br)cc1Cl.